The van der Waals surface area contributed by atoms with Gasteiger partial charge in [0.15, 0.2) is 0 Å². The van der Waals surface area contributed by atoms with Crippen LogP contribution in [0.15, 0.2) is 30.7 Å². The van der Waals surface area contributed by atoms with Crippen molar-refractivity contribution >= 4 is 11.6 Å². The Morgan fingerprint density at radius 2 is 2.38 bits per heavy atom. The van der Waals surface area contributed by atoms with Gasteiger partial charge in [0, 0.05) is 24.9 Å². The molecule has 16 heavy (non-hydrogen) atoms. The Labute approximate surface area is 91.5 Å². The van der Waals surface area contributed by atoms with Crippen molar-refractivity contribution in [2.75, 3.05) is 5.32 Å². The molecule has 2 heterocycles. The number of hydrogen-bond acceptors (Lipinski definition) is 4. The highest BCUT2D eigenvalue weighted by molar-refractivity contribution is 5.92. The first-order valence-corrected chi connectivity index (χ1v) is 4.64. The van der Waals surface area contributed by atoms with Gasteiger partial charge in [-0.3, -0.25) is 9.78 Å². The third-order valence-electron chi connectivity index (χ3n) is 1.95. The second-order valence-electron chi connectivity index (χ2n) is 3.23. The van der Waals surface area contributed by atoms with Crippen molar-refractivity contribution in [1.29, 1.82) is 0 Å². The highest BCUT2D eigenvalue weighted by Crippen LogP contribution is 2.24. The van der Waals surface area contributed by atoms with Gasteiger partial charge in [0.2, 0.25) is 5.91 Å². The second kappa shape index (κ2) is 4.01. The van der Waals surface area contributed by atoms with Crippen molar-refractivity contribution in [3.8, 4) is 11.3 Å². The molecule has 2 N–H and O–H groups in total. The van der Waals surface area contributed by atoms with Crippen LogP contribution in [0.5, 0.6) is 0 Å². The van der Waals surface area contributed by atoms with Crippen LogP contribution in [0.3, 0.4) is 0 Å². The van der Waals surface area contributed by atoms with E-state index in [4.69, 9.17) is 0 Å². The van der Waals surface area contributed by atoms with Crippen molar-refractivity contribution in [1.82, 2.24) is 14.9 Å². The van der Waals surface area contributed by atoms with Crippen LogP contribution < -0.4 is 5.32 Å². The van der Waals surface area contributed by atoms with E-state index < -0.39 is 0 Å². The first-order chi connectivity index (χ1) is 7.66. The van der Waals surface area contributed by atoms with E-state index in [0.717, 1.165) is 5.56 Å². The van der Waals surface area contributed by atoms with Crippen LogP contribution >= 0.6 is 0 Å². The smallest absolute Gasteiger partial charge is 0.221 e. The maximum atomic E-state index is 11.0. The summed E-state index contributed by atoms with van der Waals surface area (Å²) < 4.78 is 0. The molecule has 0 aliphatic rings. The van der Waals surface area contributed by atoms with Crippen LogP contribution in [-0.2, 0) is 4.79 Å². The first-order valence-electron chi connectivity index (χ1n) is 4.64. The lowest BCUT2D eigenvalue weighted by molar-refractivity contribution is -0.114. The molecule has 1 amide bonds. The molecular formula is C10H10N4O2. The number of hydrogen-bond donors (Lipinski definition) is 2. The molecule has 6 nitrogen and oxygen atoms in total. The standard InChI is InChI=1S/C10H10N4O2/c1-7(15)12-9-6-14(16)13-10(9)8-3-2-4-11-5-8/h2-6,16H,1H3,(H,12,15). The average molecular weight is 218 g/mol. The second-order valence-corrected chi connectivity index (χ2v) is 3.23. The van der Waals surface area contributed by atoms with E-state index in [9.17, 15) is 10.0 Å². The Morgan fingerprint density at radius 1 is 1.56 bits per heavy atom. The van der Waals surface area contributed by atoms with Crippen molar-refractivity contribution in [3.63, 3.8) is 0 Å². The quantitative estimate of drug-likeness (QED) is 0.741. The Morgan fingerprint density at radius 3 is 3.00 bits per heavy atom. The third kappa shape index (κ3) is 2.00. The van der Waals surface area contributed by atoms with Crippen molar-refractivity contribution < 1.29 is 10.0 Å². The molecule has 82 valence electrons. The van der Waals surface area contributed by atoms with E-state index >= 15 is 0 Å². The zero-order chi connectivity index (χ0) is 11.5. The molecule has 2 rings (SSSR count). The van der Waals surface area contributed by atoms with Gasteiger partial charge < -0.3 is 10.5 Å². The van der Waals surface area contributed by atoms with Crippen LogP contribution in [0.1, 0.15) is 6.92 Å². The predicted octanol–water partition coefficient (Wildman–Crippen LogP) is 1.14. The lowest BCUT2D eigenvalue weighted by Crippen LogP contribution is -2.05. The van der Waals surface area contributed by atoms with Crippen LogP contribution in [0.4, 0.5) is 5.69 Å². The topological polar surface area (TPSA) is 80.0 Å². The van der Waals surface area contributed by atoms with Crippen molar-refractivity contribution in [2.45, 2.75) is 6.92 Å². The number of pyridine rings is 1. The average Bonchev–Trinajstić information content (AvgIpc) is 2.60. The lowest BCUT2D eigenvalue weighted by Gasteiger charge is -2.01. The van der Waals surface area contributed by atoms with Gasteiger partial charge in [-0.15, -0.1) is 9.94 Å². The fraction of sp³-hybridized carbons (Fsp3) is 0.100. The number of carbonyl (C=O) groups excluding carboxylic acids is 1. The summed E-state index contributed by atoms with van der Waals surface area (Å²) in [5.41, 5.74) is 1.65. The first kappa shape index (κ1) is 10.2. The van der Waals surface area contributed by atoms with E-state index in [0.29, 0.717) is 16.2 Å². The molecule has 0 aliphatic heterocycles. The molecule has 0 fully saturated rings. The number of aromatic nitrogens is 3. The molecule has 0 unspecified atom stereocenters. The summed E-state index contributed by atoms with van der Waals surface area (Å²) >= 11 is 0. The molecule has 6 heteroatoms. The number of nitrogens with one attached hydrogen (secondary N) is 1. The Kier molecular flexibility index (Phi) is 2.55. The van der Waals surface area contributed by atoms with Crippen molar-refractivity contribution in [3.05, 3.63) is 30.7 Å². The molecule has 0 aromatic carbocycles. The maximum Gasteiger partial charge on any atom is 0.221 e. The number of rotatable bonds is 2. The van der Waals surface area contributed by atoms with Gasteiger partial charge in [-0.25, -0.2) is 0 Å². The SMILES string of the molecule is CC(=O)Nc1cn(O)nc1-c1cccnc1. The van der Waals surface area contributed by atoms with Gasteiger partial charge in [0.05, 0.1) is 11.9 Å². The fourth-order valence-corrected chi connectivity index (χ4v) is 1.36. The molecule has 0 radical (unpaired) electrons. The summed E-state index contributed by atoms with van der Waals surface area (Å²) in [4.78, 5) is 15.6. The fourth-order valence-electron chi connectivity index (χ4n) is 1.36. The monoisotopic (exact) mass is 218 g/mol. The molecule has 0 spiro atoms. The van der Waals surface area contributed by atoms with Crippen molar-refractivity contribution in [2.24, 2.45) is 0 Å². The lowest BCUT2D eigenvalue weighted by atomic mass is 10.2. The minimum atomic E-state index is -0.224. The summed E-state index contributed by atoms with van der Waals surface area (Å²) in [6.45, 7) is 1.39. The molecule has 0 bridgehead atoms. The maximum absolute atomic E-state index is 11.0. The van der Waals surface area contributed by atoms with Crippen LogP contribution in [-0.4, -0.2) is 26.0 Å². The number of carbonyl (C=O) groups is 1. The molecule has 0 saturated heterocycles. The van der Waals surface area contributed by atoms with Gasteiger partial charge in [-0.05, 0) is 12.1 Å². The largest absolute Gasteiger partial charge is 0.412 e. The van der Waals surface area contributed by atoms with Gasteiger partial charge in [0.25, 0.3) is 0 Å². The van der Waals surface area contributed by atoms with Gasteiger partial charge in [-0.1, -0.05) is 0 Å². The molecular weight excluding hydrogens is 208 g/mol. The highest BCUT2D eigenvalue weighted by Gasteiger charge is 2.11. The Balaban J connectivity index is 2.44. The third-order valence-corrected chi connectivity index (χ3v) is 1.95. The van der Waals surface area contributed by atoms with E-state index in [2.05, 4.69) is 15.4 Å². The summed E-state index contributed by atoms with van der Waals surface area (Å²) in [5, 5.41) is 15.7. The minimum absolute atomic E-state index is 0.224. The zero-order valence-electron chi connectivity index (χ0n) is 8.58. The molecule has 0 saturated carbocycles. The van der Waals surface area contributed by atoms with Crippen LogP contribution in [0, 0.1) is 0 Å². The zero-order valence-corrected chi connectivity index (χ0v) is 8.58. The van der Waals surface area contributed by atoms with Gasteiger partial charge in [-0.2, -0.15) is 0 Å². The molecule has 2 aromatic heterocycles. The summed E-state index contributed by atoms with van der Waals surface area (Å²) in [7, 11) is 0. The van der Waals surface area contributed by atoms with Crippen LogP contribution in [0.2, 0.25) is 0 Å². The normalized spacial score (nSPS) is 10.1. The van der Waals surface area contributed by atoms with Gasteiger partial charge >= 0.3 is 0 Å². The van der Waals surface area contributed by atoms with Crippen LogP contribution in [0.25, 0.3) is 11.3 Å². The van der Waals surface area contributed by atoms with E-state index in [1.165, 1.54) is 13.1 Å². The summed E-state index contributed by atoms with van der Waals surface area (Å²) in [5.74, 6) is -0.224. The number of amides is 1. The Bertz CT molecular complexity index is 507. The van der Waals surface area contributed by atoms with Gasteiger partial charge in [0.1, 0.15) is 5.69 Å². The molecule has 2 aromatic rings. The highest BCUT2D eigenvalue weighted by atomic mass is 16.5. The molecule has 0 atom stereocenters. The summed E-state index contributed by atoms with van der Waals surface area (Å²) in [6.07, 6.45) is 4.56. The van der Waals surface area contributed by atoms with E-state index in [1.807, 2.05) is 0 Å². The number of anilines is 1. The predicted molar refractivity (Wildman–Crippen MR) is 56.9 cm³/mol. The van der Waals surface area contributed by atoms with E-state index in [-0.39, 0.29) is 5.91 Å². The molecule has 0 aliphatic carbocycles. The summed E-state index contributed by atoms with van der Waals surface area (Å²) in [6, 6.07) is 3.55. The number of nitrogens with zero attached hydrogens (tertiary/aromatic N) is 3. The Hall–Kier alpha value is -2.37. The van der Waals surface area contributed by atoms with E-state index in [1.54, 1.807) is 24.5 Å². The minimum Gasteiger partial charge on any atom is -0.412 e.